The number of aromatic nitrogens is 2. The van der Waals surface area contributed by atoms with E-state index in [-0.39, 0.29) is 11.8 Å². The van der Waals surface area contributed by atoms with E-state index in [9.17, 15) is 4.79 Å². The number of pyridine rings is 1. The molecule has 0 aliphatic carbocycles. The Morgan fingerprint density at radius 1 is 1.25 bits per heavy atom. The number of anilines is 1. The maximum absolute atomic E-state index is 12.6. The molecule has 2 heterocycles. The number of hydrogen-bond donors (Lipinski definition) is 0. The van der Waals surface area contributed by atoms with Gasteiger partial charge in [-0.1, -0.05) is 32.9 Å². The summed E-state index contributed by atoms with van der Waals surface area (Å²) in [6.45, 7) is 6.24. The van der Waals surface area contributed by atoms with Crippen molar-refractivity contribution in [3.05, 3.63) is 53.9 Å². The third-order valence-corrected chi connectivity index (χ3v) is 4.66. The molecule has 0 N–H and O–H groups in total. The quantitative estimate of drug-likeness (QED) is 0.618. The molecule has 148 valence electrons. The van der Waals surface area contributed by atoms with Crippen LogP contribution in [0.1, 0.15) is 32.0 Å². The molecular weight excluding hydrogens is 354 g/mol. The van der Waals surface area contributed by atoms with E-state index in [2.05, 4.69) is 0 Å². The summed E-state index contributed by atoms with van der Waals surface area (Å²) in [5.41, 5.74) is 2.59. The zero-order chi connectivity index (χ0) is 20.3. The number of aryl methyl sites for hydroxylation is 1. The number of nitrogens with zero attached hydrogens (tertiary/aromatic N) is 3. The predicted molar refractivity (Wildman–Crippen MR) is 110 cm³/mol. The summed E-state index contributed by atoms with van der Waals surface area (Å²) in [5, 5.41) is 0. The fourth-order valence-corrected chi connectivity index (χ4v) is 3.20. The standard InChI is InChI=1S/C22H27N3O3/c1-6-18-21(24(4)22(26)15(2)3)25-12-8-11-19(20(25)23-18)28-14-16-9-7-10-17(13-16)27-5/h7-13,15H,6,14H2,1-5H3. The molecule has 6 heteroatoms. The molecule has 28 heavy (non-hydrogen) atoms. The van der Waals surface area contributed by atoms with E-state index in [1.165, 1.54) is 0 Å². The fraction of sp³-hybridized carbons (Fsp3) is 0.364. The normalized spacial score (nSPS) is 11.1. The fourth-order valence-electron chi connectivity index (χ4n) is 3.20. The molecule has 0 bridgehead atoms. The summed E-state index contributed by atoms with van der Waals surface area (Å²) in [7, 11) is 3.45. The number of rotatable bonds is 7. The predicted octanol–water partition coefficient (Wildman–Crippen LogP) is 4.10. The molecule has 1 amide bonds. The minimum atomic E-state index is -0.0900. The highest BCUT2D eigenvalue weighted by Crippen LogP contribution is 2.29. The third-order valence-electron chi connectivity index (χ3n) is 4.66. The first-order valence-corrected chi connectivity index (χ1v) is 9.49. The minimum absolute atomic E-state index is 0.0548. The zero-order valence-electron chi connectivity index (χ0n) is 17.1. The summed E-state index contributed by atoms with van der Waals surface area (Å²) in [6, 6.07) is 11.6. The van der Waals surface area contributed by atoms with Crippen molar-refractivity contribution < 1.29 is 14.3 Å². The summed E-state index contributed by atoms with van der Waals surface area (Å²) < 4.78 is 13.3. The summed E-state index contributed by atoms with van der Waals surface area (Å²) in [6.07, 6.45) is 2.64. The van der Waals surface area contributed by atoms with Crippen molar-refractivity contribution >= 4 is 17.4 Å². The molecule has 2 aromatic heterocycles. The Balaban J connectivity index is 1.95. The van der Waals surface area contributed by atoms with E-state index in [4.69, 9.17) is 14.5 Å². The molecule has 6 nitrogen and oxygen atoms in total. The molecule has 0 saturated heterocycles. The lowest BCUT2D eigenvalue weighted by molar-refractivity contribution is -0.121. The number of hydrogen-bond acceptors (Lipinski definition) is 4. The Bertz CT molecular complexity index is 978. The Labute approximate surface area is 165 Å². The molecule has 3 rings (SSSR count). The van der Waals surface area contributed by atoms with Crippen LogP contribution < -0.4 is 14.4 Å². The lowest BCUT2D eigenvalue weighted by atomic mass is 10.2. The lowest BCUT2D eigenvalue weighted by Crippen LogP contribution is -2.31. The second-order valence-electron chi connectivity index (χ2n) is 6.99. The van der Waals surface area contributed by atoms with Gasteiger partial charge in [0.2, 0.25) is 5.91 Å². The van der Waals surface area contributed by atoms with Crippen molar-refractivity contribution in [2.45, 2.75) is 33.8 Å². The van der Waals surface area contributed by atoms with Crippen molar-refractivity contribution in [3.8, 4) is 11.5 Å². The van der Waals surface area contributed by atoms with E-state index in [1.807, 2.05) is 67.8 Å². The van der Waals surface area contributed by atoms with Crippen molar-refractivity contribution in [2.24, 2.45) is 5.92 Å². The number of carbonyl (C=O) groups excluding carboxylic acids is 1. The van der Waals surface area contributed by atoms with E-state index < -0.39 is 0 Å². The van der Waals surface area contributed by atoms with Gasteiger partial charge in [0.05, 0.1) is 12.8 Å². The number of ether oxygens (including phenoxy) is 2. The second-order valence-corrected chi connectivity index (χ2v) is 6.99. The van der Waals surface area contributed by atoms with Crippen molar-refractivity contribution in [2.75, 3.05) is 19.1 Å². The number of methoxy groups -OCH3 is 1. The van der Waals surface area contributed by atoms with E-state index in [0.717, 1.165) is 29.2 Å². The summed E-state index contributed by atoms with van der Waals surface area (Å²) in [5.74, 6) is 2.23. The van der Waals surface area contributed by atoms with Crippen molar-refractivity contribution in [1.82, 2.24) is 9.38 Å². The van der Waals surface area contributed by atoms with Crippen LogP contribution in [0.3, 0.4) is 0 Å². The number of amides is 1. The van der Waals surface area contributed by atoms with Gasteiger partial charge in [-0.25, -0.2) is 4.98 Å². The van der Waals surface area contributed by atoms with Crippen molar-refractivity contribution in [3.63, 3.8) is 0 Å². The maximum atomic E-state index is 12.6. The van der Waals surface area contributed by atoms with Crippen LogP contribution in [0.25, 0.3) is 5.65 Å². The highest BCUT2D eigenvalue weighted by molar-refractivity contribution is 5.94. The number of carbonyl (C=O) groups is 1. The molecule has 0 radical (unpaired) electrons. The van der Waals surface area contributed by atoms with Crippen LogP contribution in [0.5, 0.6) is 11.5 Å². The van der Waals surface area contributed by atoms with Gasteiger partial charge in [0.1, 0.15) is 18.2 Å². The first-order valence-electron chi connectivity index (χ1n) is 9.49. The Morgan fingerprint density at radius 3 is 2.71 bits per heavy atom. The molecule has 0 saturated carbocycles. The smallest absolute Gasteiger partial charge is 0.230 e. The van der Waals surface area contributed by atoms with Crippen LogP contribution in [0.15, 0.2) is 42.6 Å². The number of benzene rings is 1. The third kappa shape index (κ3) is 3.81. The SMILES string of the molecule is CCc1nc2c(OCc3cccc(OC)c3)cccn2c1N(C)C(=O)C(C)C. The largest absolute Gasteiger partial charge is 0.497 e. The molecule has 1 aromatic carbocycles. The molecule has 3 aromatic rings. The Kier molecular flexibility index (Phi) is 5.87. The molecule has 0 unspecified atom stereocenters. The van der Waals surface area contributed by atoms with Gasteiger partial charge in [0.25, 0.3) is 0 Å². The van der Waals surface area contributed by atoms with Gasteiger partial charge >= 0.3 is 0 Å². The molecule has 0 atom stereocenters. The highest BCUT2D eigenvalue weighted by atomic mass is 16.5. The van der Waals surface area contributed by atoms with Crippen LogP contribution in [0.4, 0.5) is 5.82 Å². The average molecular weight is 381 g/mol. The van der Waals surface area contributed by atoms with Crippen LogP contribution in [-0.2, 0) is 17.8 Å². The number of imidazole rings is 1. The van der Waals surface area contributed by atoms with Crippen LogP contribution in [-0.4, -0.2) is 29.4 Å². The monoisotopic (exact) mass is 381 g/mol. The highest BCUT2D eigenvalue weighted by Gasteiger charge is 2.23. The second kappa shape index (κ2) is 8.33. The van der Waals surface area contributed by atoms with E-state index >= 15 is 0 Å². The number of fused-ring (bicyclic) bond motifs is 1. The van der Waals surface area contributed by atoms with Crippen LogP contribution >= 0.6 is 0 Å². The topological polar surface area (TPSA) is 56.1 Å². The van der Waals surface area contributed by atoms with E-state index in [1.54, 1.807) is 19.1 Å². The maximum Gasteiger partial charge on any atom is 0.230 e. The lowest BCUT2D eigenvalue weighted by Gasteiger charge is -2.20. The Hall–Kier alpha value is -3.02. The minimum Gasteiger partial charge on any atom is -0.497 e. The van der Waals surface area contributed by atoms with Crippen molar-refractivity contribution in [1.29, 1.82) is 0 Å². The molecular formula is C22H27N3O3. The van der Waals surface area contributed by atoms with Gasteiger partial charge in [0.15, 0.2) is 11.4 Å². The van der Waals surface area contributed by atoms with Gasteiger partial charge in [-0.2, -0.15) is 0 Å². The van der Waals surface area contributed by atoms with Gasteiger partial charge in [-0.3, -0.25) is 14.1 Å². The molecule has 0 fully saturated rings. The van der Waals surface area contributed by atoms with Gasteiger partial charge in [-0.15, -0.1) is 0 Å². The van der Waals surface area contributed by atoms with Crippen LogP contribution in [0, 0.1) is 5.92 Å². The molecule has 0 aliphatic rings. The van der Waals surface area contributed by atoms with Crippen LogP contribution in [0.2, 0.25) is 0 Å². The first kappa shape index (κ1) is 19.7. The molecule has 0 aliphatic heterocycles. The van der Waals surface area contributed by atoms with Gasteiger partial charge in [0, 0.05) is 19.2 Å². The Morgan fingerprint density at radius 2 is 2.04 bits per heavy atom. The van der Waals surface area contributed by atoms with Gasteiger partial charge in [-0.05, 0) is 36.2 Å². The first-order chi connectivity index (χ1) is 13.5. The summed E-state index contributed by atoms with van der Waals surface area (Å²) >= 11 is 0. The van der Waals surface area contributed by atoms with E-state index in [0.29, 0.717) is 18.0 Å². The van der Waals surface area contributed by atoms with Gasteiger partial charge < -0.3 is 9.47 Å². The molecule has 0 spiro atoms. The zero-order valence-corrected chi connectivity index (χ0v) is 17.1. The average Bonchev–Trinajstić information content (AvgIpc) is 3.10. The summed E-state index contributed by atoms with van der Waals surface area (Å²) in [4.78, 5) is 19.0.